The first-order valence-corrected chi connectivity index (χ1v) is 10.1. The van der Waals surface area contributed by atoms with Gasteiger partial charge in [-0.1, -0.05) is 0 Å². The summed E-state index contributed by atoms with van der Waals surface area (Å²) >= 11 is 0. The summed E-state index contributed by atoms with van der Waals surface area (Å²) in [5, 5.41) is 9.47. The van der Waals surface area contributed by atoms with Gasteiger partial charge in [0.15, 0.2) is 17.6 Å². The van der Waals surface area contributed by atoms with Gasteiger partial charge in [-0.05, 0) is 27.7 Å². The van der Waals surface area contributed by atoms with E-state index in [9.17, 15) is 14.5 Å². The number of nitrogens with two attached hydrogens (primary N) is 1. The normalized spacial score (nSPS) is 13.6. The van der Waals surface area contributed by atoms with Crippen LogP contribution in [0.25, 0.3) is 11.2 Å². The highest BCUT2D eigenvalue weighted by atomic mass is 31.2. The molecule has 0 bridgehead atoms. The minimum absolute atomic E-state index is 0.119. The number of ether oxygens (including phenoxy) is 1. The number of hydrogen-bond donors (Lipinski definition) is 2. The number of nitrogen functional groups attached to an aromatic ring is 1. The van der Waals surface area contributed by atoms with E-state index in [1.165, 1.54) is 17.2 Å². The van der Waals surface area contributed by atoms with Crippen LogP contribution in [0.1, 0.15) is 27.7 Å². The zero-order valence-electron chi connectivity index (χ0n) is 15.6. The van der Waals surface area contributed by atoms with Crippen molar-refractivity contribution in [3.63, 3.8) is 0 Å². The predicted octanol–water partition coefficient (Wildman–Crippen LogP) is 1.88. The van der Waals surface area contributed by atoms with Crippen molar-refractivity contribution in [1.29, 1.82) is 0 Å². The number of imidazole rings is 1. The number of hydrogen-bond acceptors (Lipinski definition) is 9. The van der Waals surface area contributed by atoms with E-state index in [0.717, 1.165) is 0 Å². The summed E-state index contributed by atoms with van der Waals surface area (Å²) in [5.74, 6) is -1.05. The number of rotatable bonds is 10. The van der Waals surface area contributed by atoms with Crippen molar-refractivity contribution < 1.29 is 28.3 Å². The molecule has 3 N–H and O–H groups in total. The Morgan fingerprint density at radius 3 is 2.41 bits per heavy atom. The topological polar surface area (TPSA) is 152 Å². The van der Waals surface area contributed by atoms with E-state index in [0.29, 0.717) is 11.2 Å². The van der Waals surface area contributed by atoms with Gasteiger partial charge < -0.3 is 29.2 Å². The summed E-state index contributed by atoms with van der Waals surface area (Å²) in [5.41, 5.74) is 6.46. The quantitative estimate of drug-likeness (QED) is 0.564. The summed E-state index contributed by atoms with van der Waals surface area (Å²) < 4.78 is 30.4. The fraction of sp³-hybridized carbons (Fsp3) is 0.600. The van der Waals surface area contributed by atoms with E-state index in [1.54, 1.807) is 27.7 Å². The molecule has 0 aliphatic rings. The molecule has 0 spiro atoms. The lowest BCUT2D eigenvalue weighted by Crippen LogP contribution is -2.30. The second kappa shape index (κ2) is 8.75. The number of nitrogens with zero attached hydrogens (tertiary/aromatic N) is 4. The Morgan fingerprint density at radius 2 is 1.85 bits per heavy atom. The van der Waals surface area contributed by atoms with Gasteiger partial charge in [0.1, 0.15) is 18.2 Å². The first-order chi connectivity index (χ1) is 12.6. The van der Waals surface area contributed by atoms with Gasteiger partial charge in [-0.15, -0.1) is 0 Å². The van der Waals surface area contributed by atoms with Gasteiger partial charge in [0.2, 0.25) is 0 Å². The molecule has 2 rings (SSSR count). The first-order valence-electron chi connectivity index (χ1n) is 8.33. The van der Waals surface area contributed by atoms with Crippen molar-refractivity contribution in [2.45, 2.75) is 52.6 Å². The summed E-state index contributed by atoms with van der Waals surface area (Å²) in [7, 11) is -3.63. The van der Waals surface area contributed by atoms with Gasteiger partial charge in [-0.25, -0.2) is 19.7 Å². The minimum Gasteiger partial charge on any atom is -0.479 e. The second-order valence-electron chi connectivity index (χ2n) is 6.37. The Kier molecular flexibility index (Phi) is 6.88. The predicted molar refractivity (Wildman–Crippen MR) is 97.2 cm³/mol. The highest BCUT2D eigenvalue weighted by molar-refractivity contribution is 7.53. The van der Waals surface area contributed by atoms with E-state index < -0.39 is 26.0 Å². The summed E-state index contributed by atoms with van der Waals surface area (Å²) in [6, 6.07) is 0. The van der Waals surface area contributed by atoms with Gasteiger partial charge in [0, 0.05) is 0 Å². The average Bonchev–Trinajstić information content (AvgIpc) is 2.94. The minimum atomic E-state index is -3.63. The number of carboxylic acids is 1. The van der Waals surface area contributed by atoms with E-state index in [4.69, 9.17) is 19.5 Å². The maximum atomic E-state index is 12.8. The second-order valence-corrected chi connectivity index (χ2v) is 8.27. The average molecular weight is 401 g/mol. The Hall–Kier alpha value is -2.07. The van der Waals surface area contributed by atoms with E-state index in [-0.39, 0.29) is 24.6 Å². The van der Waals surface area contributed by atoms with Gasteiger partial charge in [0.05, 0.1) is 25.1 Å². The number of fused-ring (bicyclic) bond motifs is 1. The molecule has 27 heavy (non-hydrogen) atoms. The molecule has 0 amide bonds. The van der Waals surface area contributed by atoms with Crippen molar-refractivity contribution in [1.82, 2.24) is 19.5 Å². The van der Waals surface area contributed by atoms with Crippen LogP contribution in [-0.2, 0) is 29.7 Å². The van der Waals surface area contributed by atoms with Crippen molar-refractivity contribution in [3.8, 4) is 0 Å². The first kappa shape index (κ1) is 21.2. The van der Waals surface area contributed by atoms with Crippen molar-refractivity contribution in [3.05, 3.63) is 12.7 Å². The van der Waals surface area contributed by atoms with Crippen LogP contribution in [0.15, 0.2) is 12.7 Å². The lowest BCUT2D eigenvalue weighted by Gasteiger charge is -2.24. The third kappa shape index (κ3) is 5.70. The molecule has 0 saturated heterocycles. The molecule has 0 fully saturated rings. The SMILES string of the molecule is CC(C)OP(=O)(CO[C@@H](Cn1cnc2c(N)ncnc21)C(=O)O)OC(C)C. The molecule has 0 saturated carbocycles. The lowest BCUT2D eigenvalue weighted by atomic mass is 10.3. The Bertz CT molecular complexity index is 825. The number of carbonyl (C=O) groups is 1. The molecule has 2 aromatic rings. The molecule has 1 atom stereocenters. The Morgan fingerprint density at radius 1 is 1.22 bits per heavy atom. The molecule has 0 radical (unpaired) electrons. The van der Waals surface area contributed by atoms with Crippen LogP contribution in [0.5, 0.6) is 0 Å². The Labute approximate surface area is 156 Å². The molecule has 2 aromatic heterocycles. The molecule has 12 heteroatoms. The third-order valence-corrected chi connectivity index (χ3v) is 5.20. The molecule has 0 aliphatic carbocycles. The molecule has 150 valence electrons. The molecular weight excluding hydrogens is 377 g/mol. The van der Waals surface area contributed by atoms with Crippen LogP contribution >= 0.6 is 7.60 Å². The summed E-state index contributed by atoms with van der Waals surface area (Å²) in [6.07, 6.45) is 0.0811. The maximum Gasteiger partial charge on any atom is 0.356 e. The van der Waals surface area contributed by atoms with E-state index in [2.05, 4.69) is 15.0 Å². The largest absolute Gasteiger partial charge is 0.479 e. The molecular formula is C15H24N5O6P. The monoisotopic (exact) mass is 401 g/mol. The number of carboxylic acid groups (broad SMARTS) is 1. The van der Waals surface area contributed by atoms with Crippen LogP contribution in [0.3, 0.4) is 0 Å². The molecule has 11 nitrogen and oxygen atoms in total. The van der Waals surface area contributed by atoms with Crippen LogP contribution < -0.4 is 5.73 Å². The van der Waals surface area contributed by atoms with Crippen molar-refractivity contribution in [2.75, 3.05) is 12.1 Å². The van der Waals surface area contributed by atoms with Gasteiger partial charge in [-0.2, -0.15) is 0 Å². The zero-order chi connectivity index (χ0) is 20.2. The van der Waals surface area contributed by atoms with Gasteiger partial charge in [0.25, 0.3) is 0 Å². The van der Waals surface area contributed by atoms with E-state index >= 15 is 0 Å². The summed E-state index contributed by atoms with van der Waals surface area (Å²) in [6.45, 7) is 6.69. The van der Waals surface area contributed by atoms with Crippen molar-refractivity contribution in [2.24, 2.45) is 0 Å². The molecule has 0 unspecified atom stereocenters. The standard InChI is InChI=1S/C15H24N5O6P/c1-9(2)25-27(23,26-10(3)4)8-24-11(15(21)22)5-20-7-19-12-13(16)17-6-18-14(12)20/h6-7,9-11H,5,8H2,1-4H3,(H,21,22)(H2,16,17,18)/t11-/m0/s1. The molecule has 2 heterocycles. The zero-order valence-corrected chi connectivity index (χ0v) is 16.5. The van der Waals surface area contributed by atoms with Crippen LogP contribution in [0.2, 0.25) is 0 Å². The highest BCUT2D eigenvalue weighted by Gasteiger charge is 2.31. The summed E-state index contributed by atoms with van der Waals surface area (Å²) in [4.78, 5) is 23.6. The van der Waals surface area contributed by atoms with E-state index in [1.807, 2.05) is 0 Å². The Balaban J connectivity index is 2.16. The maximum absolute atomic E-state index is 12.8. The van der Waals surface area contributed by atoms with Crippen LogP contribution in [0.4, 0.5) is 5.82 Å². The van der Waals surface area contributed by atoms with Crippen LogP contribution in [-0.4, -0.2) is 55.3 Å². The number of aliphatic carboxylic acids is 1. The third-order valence-electron chi connectivity index (χ3n) is 3.24. The van der Waals surface area contributed by atoms with Gasteiger partial charge >= 0.3 is 13.6 Å². The smallest absolute Gasteiger partial charge is 0.356 e. The van der Waals surface area contributed by atoms with Crippen molar-refractivity contribution >= 4 is 30.5 Å². The number of anilines is 1. The number of aromatic nitrogens is 4. The lowest BCUT2D eigenvalue weighted by molar-refractivity contribution is -0.150. The highest BCUT2D eigenvalue weighted by Crippen LogP contribution is 2.50. The fourth-order valence-electron chi connectivity index (χ4n) is 2.32. The van der Waals surface area contributed by atoms with Crippen LogP contribution in [0, 0.1) is 0 Å². The van der Waals surface area contributed by atoms with Gasteiger partial charge in [-0.3, -0.25) is 4.57 Å². The molecule has 0 aromatic carbocycles. The molecule has 0 aliphatic heterocycles. The fourth-order valence-corrected chi connectivity index (χ4v) is 4.14.